The second-order valence-corrected chi connectivity index (χ2v) is 6.85. The van der Waals surface area contributed by atoms with Crippen LogP contribution in [0.5, 0.6) is 11.8 Å². The van der Waals surface area contributed by atoms with Gasteiger partial charge in [-0.25, -0.2) is 4.79 Å². The number of nitrogens with one attached hydrogen (secondary N) is 2. The number of methoxy groups -OCH3 is 1. The molecule has 164 valence electrons. The molecule has 32 heavy (non-hydrogen) atoms. The molecule has 0 aliphatic heterocycles. The molecule has 2 aromatic carbocycles. The van der Waals surface area contributed by atoms with Gasteiger partial charge in [-0.1, -0.05) is 22.4 Å². The van der Waals surface area contributed by atoms with Crippen LogP contribution in [0.1, 0.15) is 23.3 Å². The van der Waals surface area contributed by atoms with E-state index in [1.165, 1.54) is 0 Å². The van der Waals surface area contributed by atoms with Crippen molar-refractivity contribution in [2.45, 2.75) is 19.4 Å². The lowest BCUT2D eigenvalue weighted by Crippen LogP contribution is -2.34. The minimum Gasteiger partial charge on any atom is -0.497 e. The maximum absolute atomic E-state index is 12.6. The van der Waals surface area contributed by atoms with Gasteiger partial charge in [0.15, 0.2) is 5.82 Å². The van der Waals surface area contributed by atoms with Crippen molar-refractivity contribution in [3.8, 4) is 23.2 Å². The summed E-state index contributed by atoms with van der Waals surface area (Å²) in [7, 11) is 1.58. The number of aromatic hydroxyl groups is 1. The highest BCUT2D eigenvalue weighted by atomic mass is 16.6. The second-order valence-electron chi connectivity index (χ2n) is 6.85. The Morgan fingerprint density at radius 1 is 1.06 bits per heavy atom. The molecule has 1 atom stereocenters. The summed E-state index contributed by atoms with van der Waals surface area (Å²) in [5.41, 5.74) is 2.22. The largest absolute Gasteiger partial charge is 0.497 e. The van der Waals surface area contributed by atoms with Crippen molar-refractivity contribution in [1.29, 1.82) is 0 Å². The number of aryl methyl sites for hydroxylation is 1. The van der Waals surface area contributed by atoms with E-state index in [-0.39, 0.29) is 5.82 Å². The summed E-state index contributed by atoms with van der Waals surface area (Å²) in [6.07, 6.45) is -0.207. The van der Waals surface area contributed by atoms with Crippen LogP contribution in [-0.4, -0.2) is 38.5 Å². The van der Waals surface area contributed by atoms with Gasteiger partial charge in [0.05, 0.1) is 13.2 Å². The molecular formula is C21H20N6O5. The Bertz CT molecular complexity index is 1190. The highest BCUT2D eigenvalue weighted by Gasteiger charge is 2.21. The van der Waals surface area contributed by atoms with Crippen molar-refractivity contribution in [3.63, 3.8) is 0 Å². The highest BCUT2D eigenvalue weighted by molar-refractivity contribution is 5.89. The van der Waals surface area contributed by atoms with Crippen LogP contribution in [0.25, 0.3) is 11.4 Å². The molecule has 0 fully saturated rings. The van der Waals surface area contributed by atoms with Crippen molar-refractivity contribution in [2.75, 3.05) is 12.4 Å². The van der Waals surface area contributed by atoms with Crippen LogP contribution in [0.15, 0.2) is 57.6 Å². The Hall–Kier alpha value is -4.41. The van der Waals surface area contributed by atoms with Crippen molar-refractivity contribution < 1.29 is 23.7 Å². The Labute approximate surface area is 182 Å². The van der Waals surface area contributed by atoms with Gasteiger partial charge >= 0.3 is 12.1 Å². The number of benzene rings is 2. The average molecular weight is 436 g/mol. The number of carbonyl (C=O) groups is 1. The number of hydrogen-bond donors (Lipinski definition) is 3. The van der Waals surface area contributed by atoms with Crippen molar-refractivity contribution in [1.82, 2.24) is 25.6 Å². The summed E-state index contributed by atoms with van der Waals surface area (Å²) in [4.78, 5) is 20.6. The van der Waals surface area contributed by atoms with E-state index in [9.17, 15) is 9.90 Å². The van der Waals surface area contributed by atoms with Gasteiger partial charge in [0.25, 0.3) is 0 Å². The van der Waals surface area contributed by atoms with Crippen LogP contribution < -0.4 is 15.4 Å². The third-order valence-corrected chi connectivity index (χ3v) is 4.58. The van der Waals surface area contributed by atoms with Crippen molar-refractivity contribution >= 4 is 11.7 Å². The number of nitrogens with zero attached hydrogens (tertiary/aromatic N) is 4. The molecule has 11 nitrogen and oxygen atoms in total. The summed E-state index contributed by atoms with van der Waals surface area (Å²) < 4.78 is 14.8. The molecule has 0 saturated carbocycles. The van der Waals surface area contributed by atoms with Crippen LogP contribution in [0.4, 0.5) is 10.5 Å². The number of carbonyl (C=O) groups excluding carboxylic acids is 1. The summed E-state index contributed by atoms with van der Waals surface area (Å²) in [6, 6.07) is 13.2. The van der Waals surface area contributed by atoms with E-state index in [0.29, 0.717) is 29.6 Å². The quantitative estimate of drug-likeness (QED) is 0.397. The fraction of sp³-hybridized carbons (Fsp3) is 0.190. The number of aromatic nitrogens is 4. The van der Waals surface area contributed by atoms with E-state index in [1.54, 1.807) is 38.3 Å². The number of hydrogen-bond acceptors (Lipinski definition) is 9. The van der Waals surface area contributed by atoms with E-state index in [1.807, 2.05) is 24.3 Å². The average Bonchev–Trinajstić information content (AvgIpc) is 3.42. The van der Waals surface area contributed by atoms with Crippen molar-refractivity contribution in [3.05, 3.63) is 65.8 Å². The first-order valence-electron chi connectivity index (χ1n) is 9.64. The summed E-state index contributed by atoms with van der Waals surface area (Å²) in [6.45, 7) is 1.71. The lowest BCUT2D eigenvalue weighted by atomic mass is 10.1. The summed E-state index contributed by atoms with van der Waals surface area (Å²) in [5, 5.41) is 22.6. The molecule has 0 saturated heterocycles. The van der Waals surface area contributed by atoms with Gasteiger partial charge in [-0.05, 0) is 42.0 Å². The van der Waals surface area contributed by atoms with Gasteiger partial charge in [0, 0.05) is 24.6 Å². The molecule has 0 bridgehead atoms. The molecule has 0 aliphatic rings. The second kappa shape index (κ2) is 9.16. The summed E-state index contributed by atoms with van der Waals surface area (Å²) >= 11 is 0. The van der Waals surface area contributed by atoms with Crippen LogP contribution in [0.3, 0.4) is 0 Å². The zero-order valence-corrected chi connectivity index (χ0v) is 17.3. The molecule has 4 aromatic rings. The Morgan fingerprint density at radius 2 is 1.81 bits per heavy atom. The normalized spacial score (nSPS) is 11.7. The molecule has 1 unspecified atom stereocenters. The molecule has 2 aromatic heterocycles. The van der Waals surface area contributed by atoms with Crippen LogP contribution in [0.2, 0.25) is 0 Å². The molecule has 2 heterocycles. The maximum atomic E-state index is 12.6. The third kappa shape index (κ3) is 5.01. The zero-order chi connectivity index (χ0) is 22.5. The summed E-state index contributed by atoms with van der Waals surface area (Å²) in [5.74, 6) is 1.80. The highest BCUT2D eigenvalue weighted by Crippen LogP contribution is 2.21. The molecule has 11 heteroatoms. The van der Waals surface area contributed by atoms with E-state index in [0.717, 1.165) is 11.1 Å². The van der Waals surface area contributed by atoms with E-state index < -0.39 is 18.1 Å². The fourth-order valence-corrected chi connectivity index (χ4v) is 3.02. The molecule has 3 N–H and O–H groups in total. The number of amides is 2. The lowest BCUT2D eigenvalue weighted by Gasteiger charge is -2.16. The molecule has 0 radical (unpaired) electrons. The minimum atomic E-state index is -0.644. The topological polar surface area (TPSA) is 148 Å². The first kappa shape index (κ1) is 20.8. The van der Waals surface area contributed by atoms with Gasteiger partial charge in [0.2, 0.25) is 11.7 Å². The molecule has 0 spiro atoms. The van der Waals surface area contributed by atoms with Crippen LogP contribution in [0, 0.1) is 6.92 Å². The molecule has 4 rings (SSSR count). The maximum Gasteiger partial charge on any atom is 0.414 e. The predicted octanol–water partition coefficient (Wildman–Crippen LogP) is 3.25. The fourth-order valence-electron chi connectivity index (χ4n) is 3.02. The van der Waals surface area contributed by atoms with E-state index in [4.69, 9.17) is 9.26 Å². The SMILES string of the molecule is COc1ccc(CC(NC(=O)Nc2ccc(-c3noc(C)n3)cc2)c2noc(O)n2)cc1. The number of anilines is 1. The monoisotopic (exact) mass is 436 g/mol. The van der Waals surface area contributed by atoms with Crippen LogP contribution in [-0.2, 0) is 6.42 Å². The number of ether oxygens (including phenoxy) is 1. The van der Waals surface area contributed by atoms with Gasteiger partial charge in [0.1, 0.15) is 5.75 Å². The van der Waals surface area contributed by atoms with Crippen molar-refractivity contribution in [2.24, 2.45) is 0 Å². The minimum absolute atomic E-state index is 0.149. The Kier molecular flexibility index (Phi) is 5.97. The van der Waals surface area contributed by atoms with Gasteiger partial charge < -0.3 is 25.0 Å². The standard InChI is InChI=1S/C21H20N6O5/c1-12-22-18(26-31-12)14-5-7-15(8-6-14)23-20(28)24-17(19-25-21(29)32-27-19)11-13-3-9-16(30-2)10-4-13/h3-10,17H,11H2,1-2H3,(H2,23,24,28)(H,25,27,29). The van der Waals surface area contributed by atoms with Gasteiger partial charge in [-0.2, -0.15) is 9.97 Å². The van der Waals surface area contributed by atoms with Gasteiger partial charge in [-0.3, -0.25) is 4.52 Å². The molecule has 0 aliphatic carbocycles. The third-order valence-electron chi connectivity index (χ3n) is 4.58. The Balaban J connectivity index is 1.44. The zero-order valence-electron chi connectivity index (χ0n) is 17.3. The predicted molar refractivity (Wildman–Crippen MR) is 112 cm³/mol. The van der Waals surface area contributed by atoms with E-state index >= 15 is 0 Å². The van der Waals surface area contributed by atoms with E-state index in [2.05, 4.69) is 35.4 Å². The molecule has 2 amide bonds. The lowest BCUT2D eigenvalue weighted by molar-refractivity contribution is 0.247. The smallest absolute Gasteiger partial charge is 0.414 e. The Morgan fingerprint density at radius 3 is 2.41 bits per heavy atom. The molecular weight excluding hydrogens is 416 g/mol. The first-order valence-corrected chi connectivity index (χ1v) is 9.64. The first-order chi connectivity index (χ1) is 15.5. The van der Waals surface area contributed by atoms with Crippen LogP contribution >= 0.6 is 0 Å². The number of urea groups is 1. The number of rotatable bonds is 7. The van der Waals surface area contributed by atoms with Gasteiger partial charge in [-0.15, -0.1) is 0 Å².